The summed E-state index contributed by atoms with van der Waals surface area (Å²) >= 11 is 5.85. The van der Waals surface area contributed by atoms with Crippen molar-refractivity contribution in [2.24, 2.45) is 0 Å². The van der Waals surface area contributed by atoms with Crippen LogP contribution in [0.3, 0.4) is 0 Å². The number of nitrogens with zero attached hydrogens (tertiary/aromatic N) is 1. The molecule has 1 atom stereocenters. The molecule has 0 bridgehead atoms. The Morgan fingerprint density at radius 2 is 1.89 bits per heavy atom. The molecule has 0 saturated heterocycles. The lowest BCUT2D eigenvalue weighted by Gasteiger charge is -2.25. The Labute approximate surface area is 111 Å². The van der Waals surface area contributed by atoms with E-state index >= 15 is 0 Å². The van der Waals surface area contributed by atoms with Crippen molar-refractivity contribution >= 4 is 17.4 Å². The Kier molecular flexibility index (Phi) is 3.28. The Bertz CT molecular complexity index is 565. The first-order chi connectivity index (χ1) is 8.41. The van der Waals surface area contributed by atoms with E-state index in [0.29, 0.717) is 16.4 Å². The van der Waals surface area contributed by atoms with Crippen LogP contribution in [0.1, 0.15) is 23.6 Å². The molecule has 18 heavy (non-hydrogen) atoms. The molecule has 4 heteroatoms. The van der Waals surface area contributed by atoms with E-state index in [1.165, 1.54) is 0 Å². The predicted octanol–water partition coefficient (Wildman–Crippen LogP) is 2.88. The minimum atomic E-state index is -1.19. The van der Waals surface area contributed by atoms with E-state index in [-0.39, 0.29) is 0 Å². The molecule has 0 radical (unpaired) electrons. The Morgan fingerprint density at radius 1 is 1.28 bits per heavy atom. The molecule has 1 aromatic carbocycles. The van der Waals surface area contributed by atoms with E-state index < -0.39 is 5.60 Å². The fourth-order valence-corrected chi connectivity index (χ4v) is 2.03. The highest BCUT2D eigenvalue weighted by Crippen LogP contribution is 2.32. The van der Waals surface area contributed by atoms with Gasteiger partial charge in [0.1, 0.15) is 11.4 Å². The maximum absolute atomic E-state index is 10.7. The highest BCUT2D eigenvalue weighted by atomic mass is 35.5. The normalized spacial score (nSPS) is 14.2. The van der Waals surface area contributed by atoms with Gasteiger partial charge in [-0.2, -0.15) is 0 Å². The van der Waals surface area contributed by atoms with Crippen molar-refractivity contribution in [2.75, 3.05) is 5.73 Å². The van der Waals surface area contributed by atoms with Crippen molar-refractivity contribution in [3.8, 4) is 0 Å². The topological polar surface area (TPSA) is 59.1 Å². The number of halogens is 1. The van der Waals surface area contributed by atoms with Crippen LogP contribution in [0.4, 0.5) is 5.82 Å². The maximum atomic E-state index is 10.7. The van der Waals surface area contributed by atoms with Crippen LogP contribution in [0.25, 0.3) is 0 Å². The van der Waals surface area contributed by atoms with Gasteiger partial charge in [0.15, 0.2) is 0 Å². The van der Waals surface area contributed by atoms with E-state index in [9.17, 15) is 5.11 Å². The van der Waals surface area contributed by atoms with Gasteiger partial charge in [-0.25, -0.2) is 4.98 Å². The third-order valence-electron chi connectivity index (χ3n) is 2.99. The SMILES string of the molecule is Cc1cnc(N)c(C(C)(O)c2ccc(Cl)cc2)c1. The molecule has 0 fully saturated rings. The number of nitrogen functional groups attached to an aromatic ring is 1. The Morgan fingerprint density at radius 3 is 2.50 bits per heavy atom. The fraction of sp³-hybridized carbons (Fsp3) is 0.214. The molecule has 0 saturated carbocycles. The van der Waals surface area contributed by atoms with Crippen molar-refractivity contribution in [2.45, 2.75) is 19.4 Å². The maximum Gasteiger partial charge on any atom is 0.129 e. The van der Waals surface area contributed by atoms with E-state index in [2.05, 4.69) is 4.98 Å². The second-order valence-corrected chi connectivity index (χ2v) is 4.96. The number of aliphatic hydroxyl groups is 1. The van der Waals surface area contributed by atoms with Gasteiger partial charge in [-0.1, -0.05) is 23.7 Å². The van der Waals surface area contributed by atoms with E-state index in [1.807, 2.05) is 13.0 Å². The molecule has 3 nitrogen and oxygen atoms in total. The number of benzene rings is 1. The summed E-state index contributed by atoms with van der Waals surface area (Å²) in [5, 5.41) is 11.3. The number of rotatable bonds is 2. The molecule has 1 heterocycles. The molecule has 1 aromatic heterocycles. The average Bonchev–Trinajstić information content (AvgIpc) is 2.32. The molecule has 3 N–H and O–H groups in total. The second kappa shape index (κ2) is 4.59. The van der Waals surface area contributed by atoms with Gasteiger partial charge >= 0.3 is 0 Å². The summed E-state index contributed by atoms with van der Waals surface area (Å²) in [6.45, 7) is 3.61. The summed E-state index contributed by atoms with van der Waals surface area (Å²) in [5.41, 5.74) is 6.94. The Balaban J connectivity index is 2.53. The van der Waals surface area contributed by atoms with Crippen LogP contribution in [0.2, 0.25) is 5.02 Å². The highest BCUT2D eigenvalue weighted by Gasteiger charge is 2.28. The highest BCUT2D eigenvalue weighted by molar-refractivity contribution is 6.30. The summed E-state index contributed by atoms with van der Waals surface area (Å²) in [6, 6.07) is 8.89. The Hall–Kier alpha value is -1.58. The zero-order chi connectivity index (χ0) is 13.3. The van der Waals surface area contributed by atoms with E-state index in [0.717, 1.165) is 11.1 Å². The van der Waals surface area contributed by atoms with Crippen LogP contribution in [-0.2, 0) is 5.60 Å². The number of aryl methyl sites for hydroxylation is 1. The molecular weight excluding hydrogens is 248 g/mol. The van der Waals surface area contributed by atoms with Crippen molar-refractivity contribution in [1.29, 1.82) is 0 Å². The first-order valence-electron chi connectivity index (χ1n) is 5.62. The molecule has 2 aromatic rings. The van der Waals surface area contributed by atoms with Crippen molar-refractivity contribution < 1.29 is 5.11 Å². The quantitative estimate of drug-likeness (QED) is 0.875. The first-order valence-corrected chi connectivity index (χ1v) is 6.00. The standard InChI is InChI=1S/C14H15ClN2O/c1-9-7-12(13(16)17-8-9)14(2,18)10-3-5-11(15)6-4-10/h3-8,18H,1-2H3,(H2,16,17). The molecule has 0 spiro atoms. The lowest BCUT2D eigenvalue weighted by Crippen LogP contribution is -2.24. The first kappa shape index (κ1) is 12.9. The summed E-state index contributed by atoms with van der Waals surface area (Å²) in [4.78, 5) is 4.08. The smallest absolute Gasteiger partial charge is 0.129 e. The van der Waals surface area contributed by atoms with Gasteiger partial charge in [0.05, 0.1) is 0 Å². The molecule has 2 rings (SSSR count). The van der Waals surface area contributed by atoms with Crippen LogP contribution in [0.15, 0.2) is 36.5 Å². The van der Waals surface area contributed by atoms with Gasteiger partial charge < -0.3 is 10.8 Å². The van der Waals surface area contributed by atoms with Crippen LogP contribution in [0.5, 0.6) is 0 Å². The lowest BCUT2D eigenvalue weighted by atomic mass is 9.88. The summed E-state index contributed by atoms with van der Waals surface area (Å²) in [5.74, 6) is 0.334. The van der Waals surface area contributed by atoms with Gasteiger partial charge in [-0.15, -0.1) is 0 Å². The molecule has 0 aliphatic rings. The molecule has 94 valence electrons. The van der Waals surface area contributed by atoms with Crippen LogP contribution >= 0.6 is 11.6 Å². The molecule has 0 aliphatic heterocycles. The van der Waals surface area contributed by atoms with E-state index in [4.69, 9.17) is 17.3 Å². The summed E-state index contributed by atoms with van der Waals surface area (Å²) < 4.78 is 0. The molecule has 0 amide bonds. The van der Waals surface area contributed by atoms with Gasteiger partial charge in [0.25, 0.3) is 0 Å². The third kappa shape index (κ3) is 2.33. The molecule has 0 aliphatic carbocycles. The monoisotopic (exact) mass is 262 g/mol. The summed E-state index contributed by atoms with van der Waals surface area (Å²) in [7, 11) is 0. The van der Waals surface area contributed by atoms with E-state index in [1.54, 1.807) is 37.4 Å². The van der Waals surface area contributed by atoms with Gasteiger partial charge in [-0.05, 0) is 43.2 Å². The predicted molar refractivity (Wildman–Crippen MR) is 73.5 cm³/mol. The lowest BCUT2D eigenvalue weighted by molar-refractivity contribution is 0.103. The number of aromatic nitrogens is 1. The van der Waals surface area contributed by atoms with Crippen molar-refractivity contribution in [1.82, 2.24) is 4.98 Å². The summed E-state index contributed by atoms with van der Waals surface area (Å²) in [6.07, 6.45) is 1.68. The minimum Gasteiger partial charge on any atom is -0.383 e. The van der Waals surface area contributed by atoms with Crippen LogP contribution in [0, 0.1) is 6.92 Å². The van der Waals surface area contributed by atoms with Crippen molar-refractivity contribution in [3.05, 3.63) is 58.2 Å². The largest absolute Gasteiger partial charge is 0.383 e. The van der Waals surface area contributed by atoms with Gasteiger partial charge in [-0.3, -0.25) is 0 Å². The number of pyridine rings is 1. The number of nitrogens with two attached hydrogens (primary N) is 1. The molecule has 1 unspecified atom stereocenters. The number of hydrogen-bond acceptors (Lipinski definition) is 3. The average molecular weight is 263 g/mol. The van der Waals surface area contributed by atoms with Crippen molar-refractivity contribution in [3.63, 3.8) is 0 Å². The molecular formula is C14H15ClN2O. The van der Waals surface area contributed by atoms with Gasteiger partial charge in [0.2, 0.25) is 0 Å². The number of anilines is 1. The third-order valence-corrected chi connectivity index (χ3v) is 3.24. The van der Waals surface area contributed by atoms with Crippen LogP contribution < -0.4 is 5.73 Å². The fourth-order valence-electron chi connectivity index (χ4n) is 1.90. The van der Waals surface area contributed by atoms with Crippen LogP contribution in [-0.4, -0.2) is 10.1 Å². The zero-order valence-electron chi connectivity index (χ0n) is 10.3. The second-order valence-electron chi connectivity index (χ2n) is 4.52. The number of hydrogen-bond donors (Lipinski definition) is 2. The zero-order valence-corrected chi connectivity index (χ0v) is 11.1. The van der Waals surface area contributed by atoms with Gasteiger partial charge in [0, 0.05) is 16.8 Å². The minimum absolute atomic E-state index is 0.334.